The van der Waals surface area contributed by atoms with Crippen molar-refractivity contribution in [3.63, 3.8) is 0 Å². The van der Waals surface area contributed by atoms with Crippen molar-refractivity contribution in [2.75, 3.05) is 25.0 Å². The first kappa shape index (κ1) is 16.5. The molecule has 3 rings (SSSR count). The van der Waals surface area contributed by atoms with E-state index in [1.807, 2.05) is 0 Å². The Morgan fingerprint density at radius 2 is 2.08 bits per heavy atom. The van der Waals surface area contributed by atoms with Gasteiger partial charge >= 0.3 is 0 Å². The summed E-state index contributed by atoms with van der Waals surface area (Å²) in [5.41, 5.74) is -0.0797. The molecule has 24 heavy (non-hydrogen) atoms. The number of halogens is 1. The summed E-state index contributed by atoms with van der Waals surface area (Å²) in [7, 11) is 0. The van der Waals surface area contributed by atoms with Gasteiger partial charge in [0, 0.05) is 31.4 Å². The smallest absolute Gasteiger partial charge is 0.266 e. The third-order valence-electron chi connectivity index (χ3n) is 4.25. The number of aromatic nitrogens is 4. The lowest BCUT2D eigenvalue weighted by Gasteiger charge is -2.35. The fourth-order valence-corrected chi connectivity index (χ4v) is 2.98. The molecule has 1 unspecified atom stereocenters. The standard InChI is InChI=1S/C16H21FN6O/c17-13-10-18-16(19-11-13)20-12-14-4-1-2-7-22(14)8-9-23-15(24)5-3-6-21-23/h3,5-6,10-11,14H,1-2,4,7-9,12H2,(H,18,19,20). The summed E-state index contributed by atoms with van der Waals surface area (Å²) in [6, 6.07) is 3.51. The van der Waals surface area contributed by atoms with Crippen molar-refractivity contribution in [2.24, 2.45) is 0 Å². The molecule has 0 aromatic carbocycles. The molecule has 0 saturated carbocycles. The van der Waals surface area contributed by atoms with E-state index in [-0.39, 0.29) is 5.56 Å². The van der Waals surface area contributed by atoms with Gasteiger partial charge in [0.05, 0.1) is 18.9 Å². The van der Waals surface area contributed by atoms with Crippen LogP contribution in [0.4, 0.5) is 10.3 Å². The Morgan fingerprint density at radius 3 is 2.88 bits per heavy atom. The van der Waals surface area contributed by atoms with Gasteiger partial charge in [-0.15, -0.1) is 0 Å². The van der Waals surface area contributed by atoms with Crippen molar-refractivity contribution in [1.82, 2.24) is 24.6 Å². The van der Waals surface area contributed by atoms with Crippen molar-refractivity contribution in [3.05, 3.63) is 46.9 Å². The van der Waals surface area contributed by atoms with E-state index in [0.717, 1.165) is 38.3 Å². The fourth-order valence-electron chi connectivity index (χ4n) is 2.98. The molecular formula is C16H21FN6O. The van der Waals surface area contributed by atoms with E-state index < -0.39 is 5.82 Å². The van der Waals surface area contributed by atoms with E-state index in [4.69, 9.17) is 0 Å². The molecule has 3 heterocycles. The zero-order chi connectivity index (χ0) is 16.8. The normalized spacial score (nSPS) is 18.5. The highest BCUT2D eigenvalue weighted by Crippen LogP contribution is 2.17. The molecule has 2 aromatic rings. The van der Waals surface area contributed by atoms with Gasteiger partial charge in [-0.1, -0.05) is 6.42 Å². The largest absolute Gasteiger partial charge is 0.353 e. The lowest BCUT2D eigenvalue weighted by Crippen LogP contribution is -2.45. The van der Waals surface area contributed by atoms with Gasteiger partial charge in [0.2, 0.25) is 5.95 Å². The van der Waals surface area contributed by atoms with Gasteiger partial charge in [0.25, 0.3) is 5.56 Å². The zero-order valence-electron chi connectivity index (χ0n) is 13.4. The van der Waals surface area contributed by atoms with E-state index in [2.05, 4.69) is 25.3 Å². The molecule has 0 amide bonds. The Kier molecular flexibility index (Phi) is 5.47. The van der Waals surface area contributed by atoms with Crippen LogP contribution < -0.4 is 10.9 Å². The van der Waals surface area contributed by atoms with Crippen molar-refractivity contribution in [3.8, 4) is 0 Å². The highest BCUT2D eigenvalue weighted by atomic mass is 19.1. The lowest BCUT2D eigenvalue weighted by atomic mass is 10.0. The maximum atomic E-state index is 12.8. The topological polar surface area (TPSA) is 75.9 Å². The molecule has 7 nitrogen and oxygen atoms in total. The number of nitrogens with one attached hydrogen (secondary N) is 1. The summed E-state index contributed by atoms with van der Waals surface area (Å²) in [5, 5.41) is 7.26. The van der Waals surface area contributed by atoms with Crippen LogP contribution in [0.5, 0.6) is 0 Å². The van der Waals surface area contributed by atoms with Crippen LogP contribution >= 0.6 is 0 Å². The average Bonchev–Trinajstić information content (AvgIpc) is 2.61. The van der Waals surface area contributed by atoms with Gasteiger partial charge in [-0.25, -0.2) is 19.0 Å². The summed E-state index contributed by atoms with van der Waals surface area (Å²) in [6.45, 7) is 3.04. The Morgan fingerprint density at radius 1 is 1.25 bits per heavy atom. The molecule has 0 bridgehead atoms. The molecule has 1 aliphatic heterocycles. The van der Waals surface area contributed by atoms with Crippen LogP contribution in [-0.2, 0) is 6.54 Å². The van der Waals surface area contributed by atoms with Crippen LogP contribution in [0.2, 0.25) is 0 Å². The predicted octanol–water partition coefficient (Wildman–Crippen LogP) is 1.14. The number of nitrogens with zero attached hydrogens (tertiary/aromatic N) is 5. The van der Waals surface area contributed by atoms with E-state index in [0.29, 0.717) is 25.1 Å². The van der Waals surface area contributed by atoms with Crippen LogP contribution in [0.25, 0.3) is 0 Å². The molecule has 0 spiro atoms. The summed E-state index contributed by atoms with van der Waals surface area (Å²) in [6.07, 6.45) is 7.34. The van der Waals surface area contributed by atoms with Crippen LogP contribution in [0.1, 0.15) is 19.3 Å². The molecule has 1 atom stereocenters. The van der Waals surface area contributed by atoms with Crippen LogP contribution in [-0.4, -0.2) is 50.3 Å². The number of likely N-dealkylation sites (tertiary alicyclic amines) is 1. The fraction of sp³-hybridized carbons (Fsp3) is 0.500. The van der Waals surface area contributed by atoms with Crippen LogP contribution in [0.3, 0.4) is 0 Å². The third kappa shape index (κ3) is 4.35. The quantitative estimate of drug-likeness (QED) is 0.855. The number of hydrogen-bond acceptors (Lipinski definition) is 6. The maximum Gasteiger partial charge on any atom is 0.266 e. The second-order valence-corrected chi connectivity index (χ2v) is 5.88. The summed E-state index contributed by atoms with van der Waals surface area (Å²) < 4.78 is 14.3. The van der Waals surface area contributed by atoms with E-state index in [9.17, 15) is 9.18 Å². The van der Waals surface area contributed by atoms with E-state index in [1.54, 1.807) is 12.3 Å². The van der Waals surface area contributed by atoms with E-state index in [1.165, 1.54) is 17.2 Å². The Bertz CT molecular complexity index is 704. The molecule has 2 aromatic heterocycles. The zero-order valence-corrected chi connectivity index (χ0v) is 13.4. The first-order chi connectivity index (χ1) is 11.7. The summed E-state index contributed by atoms with van der Waals surface area (Å²) >= 11 is 0. The number of rotatable bonds is 6. The lowest BCUT2D eigenvalue weighted by molar-refractivity contribution is 0.148. The van der Waals surface area contributed by atoms with Crippen molar-refractivity contribution in [2.45, 2.75) is 31.8 Å². The first-order valence-corrected chi connectivity index (χ1v) is 8.20. The molecule has 8 heteroatoms. The highest BCUT2D eigenvalue weighted by molar-refractivity contribution is 5.22. The van der Waals surface area contributed by atoms with Gasteiger partial charge in [0.15, 0.2) is 5.82 Å². The summed E-state index contributed by atoms with van der Waals surface area (Å²) in [4.78, 5) is 21.9. The molecule has 1 N–H and O–H groups in total. The second kappa shape index (κ2) is 7.96. The molecule has 0 radical (unpaired) electrons. The van der Waals surface area contributed by atoms with Crippen molar-refractivity contribution >= 4 is 5.95 Å². The summed E-state index contributed by atoms with van der Waals surface area (Å²) in [5.74, 6) is -0.0106. The minimum Gasteiger partial charge on any atom is -0.353 e. The molecule has 128 valence electrons. The molecular weight excluding hydrogens is 311 g/mol. The highest BCUT2D eigenvalue weighted by Gasteiger charge is 2.22. The van der Waals surface area contributed by atoms with Crippen LogP contribution in [0.15, 0.2) is 35.5 Å². The predicted molar refractivity (Wildman–Crippen MR) is 88.2 cm³/mol. The van der Waals surface area contributed by atoms with Crippen molar-refractivity contribution in [1.29, 1.82) is 0 Å². The molecule has 1 saturated heterocycles. The SMILES string of the molecule is O=c1cccnn1CCN1CCCCC1CNc1ncc(F)cn1. The monoisotopic (exact) mass is 332 g/mol. The number of hydrogen-bond donors (Lipinski definition) is 1. The average molecular weight is 332 g/mol. The Hall–Kier alpha value is -2.35. The number of piperidine rings is 1. The van der Waals surface area contributed by atoms with Crippen molar-refractivity contribution < 1.29 is 4.39 Å². The van der Waals surface area contributed by atoms with Gasteiger partial charge < -0.3 is 5.32 Å². The van der Waals surface area contributed by atoms with Crippen LogP contribution in [0, 0.1) is 5.82 Å². The third-order valence-corrected chi connectivity index (χ3v) is 4.25. The van der Waals surface area contributed by atoms with Gasteiger partial charge in [-0.3, -0.25) is 9.69 Å². The second-order valence-electron chi connectivity index (χ2n) is 5.88. The van der Waals surface area contributed by atoms with Gasteiger partial charge in [-0.05, 0) is 25.5 Å². The van der Waals surface area contributed by atoms with E-state index >= 15 is 0 Å². The van der Waals surface area contributed by atoms with Gasteiger partial charge in [0.1, 0.15) is 0 Å². The molecule has 1 aliphatic rings. The molecule has 1 fully saturated rings. The Balaban J connectivity index is 1.56. The Labute approximate surface area is 139 Å². The maximum absolute atomic E-state index is 12.8. The first-order valence-electron chi connectivity index (χ1n) is 8.20. The number of anilines is 1. The minimum absolute atomic E-state index is 0.0797. The minimum atomic E-state index is -0.444. The van der Waals surface area contributed by atoms with Gasteiger partial charge in [-0.2, -0.15) is 5.10 Å². The molecule has 0 aliphatic carbocycles.